The molecule has 2 aromatic rings. The summed E-state index contributed by atoms with van der Waals surface area (Å²) in [6, 6.07) is 6.34. The number of carbonyl (C=O) groups is 3. The molecule has 0 unspecified atom stereocenters. The third-order valence-electron chi connectivity index (χ3n) is 4.65. The Balaban J connectivity index is 2.09. The Hall–Kier alpha value is -2.64. The number of Topliss-reactive ketones (excluding diaryl/α,β-unsaturated/α-hetero) is 1. The van der Waals surface area contributed by atoms with Crippen LogP contribution in [0.25, 0.3) is 0 Å². The second-order valence-electron chi connectivity index (χ2n) is 6.60. The number of H-pyrrole nitrogens is 1. The van der Waals surface area contributed by atoms with E-state index in [1.807, 2.05) is 0 Å². The molecule has 150 valence electrons. The molecule has 0 spiro atoms. The fourth-order valence-corrected chi connectivity index (χ4v) is 3.11. The van der Waals surface area contributed by atoms with Gasteiger partial charge in [-0.15, -0.1) is 0 Å². The van der Waals surface area contributed by atoms with Gasteiger partial charge >= 0.3 is 5.97 Å². The lowest BCUT2D eigenvalue weighted by molar-refractivity contribution is -0.117. The molecule has 28 heavy (non-hydrogen) atoms. The molecule has 0 radical (unpaired) electrons. The minimum absolute atomic E-state index is 0.000721. The number of nitrogens with one attached hydrogen (secondary N) is 2. The minimum atomic E-state index is -0.584. The quantitative estimate of drug-likeness (QED) is 0.545. The first-order valence-corrected chi connectivity index (χ1v) is 9.11. The number of hydrogen-bond donors (Lipinski definition) is 2. The Morgan fingerprint density at radius 2 is 1.89 bits per heavy atom. The number of anilines is 1. The van der Waals surface area contributed by atoms with Crippen LogP contribution in [0.15, 0.2) is 24.3 Å². The molecule has 2 N–H and O–H groups in total. The van der Waals surface area contributed by atoms with E-state index >= 15 is 0 Å². The minimum Gasteiger partial charge on any atom is -0.465 e. The lowest BCUT2D eigenvalue weighted by Gasteiger charge is -2.23. The molecule has 0 saturated heterocycles. The van der Waals surface area contributed by atoms with Crippen molar-refractivity contribution < 1.29 is 19.1 Å². The van der Waals surface area contributed by atoms with Crippen molar-refractivity contribution in [2.45, 2.75) is 26.8 Å². The fraction of sp³-hybridized carbons (Fsp3) is 0.350. The number of halogens is 1. The van der Waals surface area contributed by atoms with E-state index < -0.39 is 12.0 Å². The molecule has 1 amide bonds. The van der Waals surface area contributed by atoms with Crippen molar-refractivity contribution in [3.63, 3.8) is 0 Å². The van der Waals surface area contributed by atoms with Crippen molar-refractivity contribution >= 4 is 34.9 Å². The number of hydrogen-bond acceptors (Lipinski definition) is 5. The van der Waals surface area contributed by atoms with Gasteiger partial charge in [0.2, 0.25) is 5.91 Å². The number of aromatic amines is 1. The summed E-state index contributed by atoms with van der Waals surface area (Å²) in [7, 11) is 2.98. The van der Waals surface area contributed by atoms with Gasteiger partial charge < -0.3 is 15.0 Å². The summed E-state index contributed by atoms with van der Waals surface area (Å²) >= 11 is 6.05. The topological polar surface area (TPSA) is 91.5 Å². The maximum Gasteiger partial charge on any atom is 0.339 e. The lowest BCUT2D eigenvalue weighted by Crippen LogP contribution is -2.41. The Bertz CT molecular complexity index is 907. The first-order chi connectivity index (χ1) is 13.2. The highest BCUT2D eigenvalue weighted by Gasteiger charge is 2.28. The predicted molar refractivity (Wildman–Crippen MR) is 108 cm³/mol. The number of amides is 1. The number of carbonyl (C=O) groups excluding carboxylic acids is 3. The number of methoxy groups -OCH3 is 1. The van der Waals surface area contributed by atoms with Crippen LogP contribution in [0.3, 0.4) is 0 Å². The van der Waals surface area contributed by atoms with Crippen LogP contribution < -0.4 is 5.32 Å². The highest BCUT2D eigenvalue weighted by Crippen LogP contribution is 2.22. The Kier molecular flexibility index (Phi) is 6.99. The number of ketones is 1. The zero-order valence-electron chi connectivity index (χ0n) is 16.6. The molecule has 0 fully saturated rings. The van der Waals surface area contributed by atoms with Gasteiger partial charge in [0.15, 0.2) is 5.78 Å². The number of likely N-dealkylation sites (N-methyl/N-ethyl adjacent to an activating group) is 1. The number of ether oxygens (including phenoxy) is 1. The Morgan fingerprint density at radius 1 is 1.25 bits per heavy atom. The van der Waals surface area contributed by atoms with E-state index in [2.05, 4.69) is 10.3 Å². The largest absolute Gasteiger partial charge is 0.465 e. The number of esters is 1. The van der Waals surface area contributed by atoms with Crippen LogP contribution in [0, 0.1) is 13.8 Å². The van der Waals surface area contributed by atoms with Gasteiger partial charge in [0.1, 0.15) is 0 Å². The number of rotatable bonds is 7. The summed E-state index contributed by atoms with van der Waals surface area (Å²) in [5, 5.41) is 3.17. The molecule has 1 atom stereocenters. The van der Waals surface area contributed by atoms with Crippen LogP contribution in [0.2, 0.25) is 5.02 Å². The standard InChI is InChI=1S/C20H24ClN3O4/c1-11-17(20(27)28-5)12(2)22-18(11)19(26)13(3)24(4)10-16(25)23-15-9-7-6-8-14(15)21/h6-9,13,22H,10H2,1-5H3,(H,23,25)/t13-/m1/s1. The van der Waals surface area contributed by atoms with Crippen molar-refractivity contribution in [2.24, 2.45) is 0 Å². The maximum atomic E-state index is 12.9. The predicted octanol–water partition coefficient (Wildman–Crippen LogP) is 3.21. The normalized spacial score (nSPS) is 12.0. The molecule has 2 rings (SSSR count). The molecule has 0 aliphatic heterocycles. The van der Waals surface area contributed by atoms with Gasteiger partial charge in [-0.2, -0.15) is 0 Å². The molecule has 8 heteroatoms. The fourth-order valence-electron chi connectivity index (χ4n) is 2.93. The third kappa shape index (κ3) is 4.61. The molecular weight excluding hydrogens is 382 g/mol. The highest BCUT2D eigenvalue weighted by atomic mass is 35.5. The monoisotopic (exact) mass is 405 g/mol. The molecule has 0 aliphatic rings. The van der Waals surface area contributed by atoms with E-state index in [4.69, 9.17) is 16.3 Å². The van der Waals surface area contributed by atoms with Crippen LogP contribution in [0.5, 0.6) is 0 Å². The van der Waals surface area contributed by atoms with Crippen LogP contribution in [0.4, 0.5) is 5.69 Å². The molecule has 7 nitrogen and oxygen atoms in total. The van der Waals surface area contributed by atoms with Gasteiger partial charge in [0.25, 0.3) is 0 Å². The van der Waals surface area contributed by atoms with Crippen molar-refractivity contribution in [3.05, 3.63) is 51.8 Å². The number of nitrogens with zero attached hydrogens (tertiary/aromatic N) is 1. The SMILES string of the molecule is COC(=O)c1c(C)[nH]c(C(=O)[C@@H](C)N(C)CC(=O)Nc2ccccc2Cl)c1C. The third-order valence-corrected chi connectivity index (χ3v) is 4.98. The molecule has 0 aliphatic carbocycles. The average Bonchev–Trinajstić information content (AvgIpc) is 2.95. The van der Waals surface area contributed by atoms with E-state index in [0.717, 1.165) is 0 Å². The number of aromatic nitrogens is 1. The van der Waals surface area contributed by atoms with Crippen molar-refractivity contribution in [1.82, 2.24) is 9.88 Å². The van der Waals surface area contributed by atoms with Gasteiger partial charge in [-0.3, -0.25) is 14.5 Å². The van der Waals surface area contributed by atoms with E-state index in [1.54, 1.807) is 57.0 Å². The first kappa shape index (κ1) is 21.7. The second kappa shape index (κ2) is 9.03. The Labute approximate surface area is 169 Å². The summed E-state index contributed by atoms with van der Waals surface area (Å²) in [6.07, 6.45) is 0. The lowest BCUT2D eigenvalue weighted by atomic mass is 10.0. The van der Waals surface area contributed by atoms with Crippen molar-refractivity contribution in [1.29, 1.82) is 0 Å². The van der Waals surface area contributed by atoms with Gasteiger partial charge in [0, 0.05) is 5.69 Å². The highest BCUT2D eigenvalue weighted by molar-refractivity contribution is 6.33. The zero-order valence-corrected chi connectivity index (χ0v) is 17.3. The van der Waals surface area contributed by atoms with Crippen molar-refractivity contribution in [3.8, 4) is 0 Å². The van der Waals surface area contributed by atoms with Gasteiger partial charge in [0.05, 0.1) is 41.7 Å². The average molecular weight is 406 g/mol. The number of benzene rings is 1. The molecule has 1 aromatic carbocycles. The number of aryl methyl sites for hydroxylation is 1. The van der Waals surface area contributed by atoms with E-state index in [9.17, 15) is 14.4 Å². The van der Waals surface area contributed by atoms with Gasteiger partial charge in [-0.05, 0) is 45.5 Å². The molecule has 0 saturated carbocycles. The van der Waals surface area contributed by atoms with E-state index in [1.165, 1.54) is 7.11 Å². The first-order valence-electron chi connectivity index (χ1n) is 8.73. The summed E-state index contributed by atoms with van der Waals surface area (Å²) in [6.45, 7) is 5.11. The smallest absolute Gasteiger partial charge is 0.339 e. The maximum absolute atomic E-state index is 12.9. The Morgan fingerprint density at radius 3 is 2.50 bits per heavy atom. The summed E-state index contributed by atoms with van der Waals surface area (Å²) < 4.78 is 4.77. The molecule has 1 aromatic heterocycles. The van der Waals surface area contributed by atoms with Gasteiger partial charge in [-0.1, -0.05) is 23.7 Å². The summed E-state index contributed by atoms with van der Waals surface area (Å²) in [4.78, 5) is 41.7. The molecule has 0 bridgehead atoms. The summed E-state index contributed by atoms with van der Waals surface area (Å²) in [5.41, 5.74) is 2.31. The van der Waals surface area contributed by atoms with E-state index in [0.29, 0.717) is 33.2 Å². The molecule has 1 heterocycles. The van der Waals surface area contributed by atoms with Crippen LogP contribution in [0.1, 0.15) is 39.0 Å². The molecular formula is C20H24ClN3O4. The van der Waals surface area contributed by atoms with Crippen LogP contribution in [-0.2, 0) is 9.53 Å². The summed E-state index contributed by atoms with van der Waals surface area (Å²) in [5.74, 6) is -1.00. The van der Waals surface area contributed by atoms with Crippen LogP contribution >= 0.6 is 11.6 Å². The van der Waals surface area contributed by atoms with Crippen molar-refractivity contribution in [2.75, 3.05) is 26.0 Å². The van der Waals surface area contributed by atoms with E-state index in [-0.39, 0.29) is 18.2 Å². The number of para-hydroxylation sites is 1. The van der Waals surface area contributed by atoms with Gasteiger partial charge in [-0.25, -0.2) is 4.79 Å². The zero-order chi connectivity index (χ0) is 21.0. The second-order valence-corrected chi connectivity index (χ2v) is 7.01. The van der Waals surface area contributed by atoms with Crippen LogP contribution in [-0.4, -0.2) is 54.3 Å².